The molecule has 20 heavy (non-hydrogen) atoms. The van der Waals surface area contributed by atoms with Gasteiger partial charge in [0.25, 0.3) is 0 Å². The van der Waals surface area contributed by atoms with Crippen molar-refractivity contribution in [3.63, 3.8) is 0 Å². The van der Waals surface area contributed by atoms with Crippen LogP contribution in [0.1, 0.15) is 45.7 Å². The van der Waals surface area contributed by atoms with Crippen molar-refractivity contribution in [1.82, 2.24) is 4.90 Å². The molecule has 2 N–H and O–H groups in total. The van der Waals surface area contributed by atoms with Gasteiger partial charge >= 0.3 is 0 Å². The average molecular weight is 301 g/mol. The summed E-state index contributed by atoms with van der Waals surface area (Å²) in [6, 6.07) is 4.77. The molecule has 1 atom stereocenters. The van der Waals surface area contributed by atoms with Crippen LogP contribution in [0.4, 0.5) is 4.39 Å². The van der Waals surface area contributed by atoms with Gasteiger partial charge in [0.1, 0.15) is 5.82 Å². The van der Waals surface area contributed by atoms with E-state index in [0.29, 0.717) is 11.6 Å². The first kappa shape index (κ1) is 17.4. The van der Waals surface area contributed by atoms with Crippen molar-refractivity contribution in [1.29, 1.82) is 0 Å². The van der Waals surface area contributed by atoms with Crippen molar-refractivity contribution in [3.05, 3.63) is 34.6 Å². The molecule has 2 nitrogen and oxygen atoms in total. The number of hydrogen-bond acceptors (Lipinski definition) is 2. The second kappa shape index (κ2) is 7.39. The molecule has 0 heterocycles. The number of halogens is 2. The van der Waals surface area contributed by atoms with Crippen LogP contribution < -0.4 is 5.73 Å². The molecule has 0 aliphatic rings. The second-order valence-corrected chi connectivity index (χ2v) is 6.59. The molecular formula is C16H26ClFN2. The van der Waals surface area contributed by atoms with Gasteiger partial charge < -0.3 is 5.73 Å². The van der Waals surface area contributed by atoms with Crippen LogP contribution in [0.5, 0.6) is 0 Å². The van der Waals surface area contributed by atoms with E-state index in [0.717, 1.165) is 25.1 Å². The summed E-state index contributed by atoms with van der Waals surface area (Å²) in [4.78, 5) is 2.37. The van der Waals surface area contributed by atoms with Crippen LogP contribution in [0.3, 0.4) is 0 Å². The zero-order valence-electron chi connectivity index (χ0n) is 12.9. The largest absolute Gasteiger partial charge is 0.330 e. The Balaban J connectivity index is 2.95. The lowest BCUT2D eigenvalue weighted by molar-refractivity contribution is 0.140. The maximum Gasteiger partial charge on any atom is 0.124 e. The third-order valence-electron chi connectivity index (χ3n) is 3.65. The first-order chi connectivity index (χ1) is 9.30. The molecule has 0 radical (unpaired) electrons. The number of hydrogen-bond donors (Lipinski definition) is 1. The quantitative estimate of drug-likeness (QED) is 0.816. The maximum atomic E-state index is 13.2. The monoisotopic (exact) mass is 300 g/mol. The van der Waals surface area contributed by atoms with Crippen molar-refractivity contribution in [2.24, 2.45) is 11.1 Å². The Morgan fingerprint density at radius 2 is 2.05 bits per heavy atom. The molecule has 0 fully saturated rings. The third-order valence-corrected chi connectivity index (χ3v) is 3.98. The lowest BCUT2D eigenvalue weighted by Crippen LogP contribution is -2.40. The van der Waals surface area contributed by atoms with E-state index in [9.17, 15) is 4.39 Å². The summed E-state index contributed by atoms with van der Waals surface area (Å²) in [6.45, 7) is 11.1. The van der Waals surface area contributed by atoms with Gasteiger partial charge in [0.2, 0.25) is 0 Å². The molecule has 0 spiro atoms. The minimum Gasteiger partial charge on any atom is -0.330 e. The predicted octanol–water partition coefficient (Wildman–Crippen LogP) is 4.24. The summed E-state index contributed by atoms with van der Waals surface area (Å²) in [5, 5.41) is 0.490. The Bertz CT molecular complexity index is 434. The molecule has 1 aromatic carbocycles. The Labute approximate surface area is 127 Å². The van der Waals surface area contributed by atoms with Gasteiger partial charge in [0.05, 0.1) is 0 Å². The van der Waals surface area contributed by atoms with E-state index in [4.69, 9.17) is 17.3 Å². The topological polar surface area (TPSA) is 29.3 Å². The zero-order chi connectivity index (χ0) is 15.3. The van der Waals surface area contributed by atoms with Gasteiger partial charge in [-0.3, -0.25) is 4.90 Å². The predicted molar refractivity (Wildman–Crippen MR) is 84.5 cm³/mol. The van der Waals surface area contributed by atoms with E-state index in [-0.39, 0.29) is 17.3 Å². The number of nitrogens with zero attached hydrogens (tertiary/aromatic N) is 1. The maximum absolute atomic E-state index is 13.2. The lowest BCUT2D eigenvalue weighted by atomic mass is 9.91. The molecule has 114 valence electrons. The Morgan fingerprint density at radius 3 is 2.55 bits per heavy atom. The van der Waals surface area contributed by atoms with Crippen molar-refractivity contribution in [2.45, 2.75) is 40.2 Å². The van der Waals surface area contributed by atoms with Crippen LogP contribution in [0.15, 0.2) is 18.2 Å². The lowest BCUT2D eigenvalue weighted by Gasteiger charge is -2.36. The minimum absolute atomic E-state index is 0.0515. The van der Waals surface area contributed by atoms with Crippen molar-refractivity contribution in [2.75, 3.05) is 19.6 Å². The molecule has 0 aromatic heterocycles. The summed E-state index contributed by atoms with van der Waals surface area (Å²) in [5.74, 6) is -0.296. The normalized spacial score (nSPS) is 13.8. The van der Waals surface area contributed by atoms with Crippen LogP contribution in [-0.4, -0.2) is 24.5 Å². The molecule has 0 bridgehead atoms. The van der Waals surface area contributed by atoms with E-state index in [2.05, 4.69) is 32.6 Å². The zero-order valence-corrected chi connectivity index (χ0v) is 13.7. The van der Waals surface area contributed by atoms with Crippen molar-refractivity contribution < 1.29 is 4.39 Å². The molecule has 0 aliphatic carbocycles. The standard InChI is InChI=1S/C16H26ClFN2/c1-5-8-20(11-16(3,4)10-19)12(2)14-7-6-13(18)9-15(14)17/h6-7,9,12H,5,8,10-11,19H2,1-4H3. The van der Waals surface area contributed by atoms with Crippen molar-refractivity contribution >= 4 is 11.6 Å². The summed E-state index contributed by atoms with van der Waals surface area (Å²) < 4.78 is 13.2. The molecule has 0 amide bonds. The van der Waals surface area contributed by atoms with Gasteiger partial charge in [-0.1, -0.05) is 38.4 Å². The fourth-order valence-electron chi connectivity index (χ4n) is 2.35. The Hall–Kier alpha value is -0.640. The molecular weight excluding hydrogens is 275 g/mol. The van der Waals surface area contributed by atoms with Gasteiger partial charge in [-0.15, -0.1) is 0 Å². The average Bonchev–Trinajstić information content (AvgIpc) is 2.37. The summed E-state index contributed by atoms with van der Waals surface area (Å²) >= 11 is 6.18. The van der Waals surface area contributed by atoms with Gasteiger partial charge in [-0.05, 0) is 49.5 Å². The highest BCUT2D eigenvalue weighted by Crippen LogP contribution is 2.30. The molecule has 1 rings (SSSR count). The molecule has 0 saturated carbocycles. The molecule has 0 saturated heterocycles. The SMILES string of the molecule is CCCN(CC(C)(C)CN)C(C)c1ccc(F)cc1Cl. The number of benzene rings is 1. The number of rotatable bonds is 7. The van der Waals surface area contributed by atoms with Crippen molar-refractivity contribution in [3.8, 4) is 0 Å². The van der Waals surface area contributed by atoms with Crippen LogP contribution in [0.2, 0.25) is 5.02 Å². The van der Waals surface area contributed by atoms with E-state index in [1.807, 2.05) is 0 Å². The van der Waals surface area contributed by atoms with Gasteiger partial charge in [-0.2, -0.15) is 0 Å². The third kappa shape index (κ3) is 4.72. The van der Waals surface area contributed by atoms with E-state index >= 15 is 0 Å². The van der Waals surface area contributed by atoms with Gasteiger partial charge in [-0.25, -0.2) is 4.39 Å². The molecule has 4 heteroatoms. The van der Waals surface area contributed by atoms with Crippen LogP contribution in [-0.2, 0) is 0 Å². The highest BCUT2D eigenvalue weighted by atomic mass is 35.5. The first-order valence-corrected chi connectivity index (χ1v) is 7.57. The highest BCUT2D eigenvalue weighted by molar-refractivity contribution is 6.31. The van der Waals surface area contributed by atoms with Gasteiger partial charge in [0.15, 0.2) is 0 Å². The Kier molecular flexibility index (Phi) is 6.44. The second-order valence-electron chi connectivity index (χ2n) is 6.18. The minimum atomic E-state index is -0.296. The van der Waals surface area contributed by atoms with Crippen LogP contribution in [0.25, 0.3) is 0 Å². The molecule has 1 unspecified atom stereocenters. The smallest absolute Gasteiger partial charge is 0.124 e. The molecule has 0 aliphatic heterocycles. The molecule has 1 aromatic rings. The van der Waals surface area contributed by atoms with E-state index in [1.165, 1.54) is 12.1 Å². The summed E-state index contributed by atoms with van der Waals surface area (Å²) in [5.41, 5.74) is 6.86. The van der Waals surface area contributed by atoms with Crippen LogP contribution >= 0.6 is 11.6 Å². The summed E-state index contributed by atoms with van der Waals surface area (Å²) in [7, 11) is 0. The van der Waals surface area contributed by atoms with E-state index < -0.39 is 0 Å². The fraction of sp³-hybridized carbons (Fsp3) is 0.625. The number of nitrogens with two attached hydrogens (primary N) is 1. The van der Waals surface area contributed by atoms with Gasteiger partial charge in [0, 0.05) is 17.6 Å². The Morgan fingerprint density at radius 1 is 1.40 bits per heavy atom. The van der Waals surface area contributed by atoms with E-state index in [1.54, 1.807) is 6.07 Å². The first-order valence-electron chi connectivity index (χ1n) is 7.20. The summed E-state index contributed by atoms with van der Waals surface area (Å²) in [6.07, 6.45) is 1.06. The van der Waals surface area contributed by atoms with Crippen LogP contribution in [0, 0.1) is 11.2 Å². The highest BCUT2D eigenvalue weighted by Gasteiger charge is 2.25. The fourth-order valence-corrected chi connectivity index (χ4v) is 2.67.